The van der Waals surface area contributed by atoms with Gasteiger partial charge in [-0.15, -0.1) is 10.2 Å². The first-order chi connectivity index (χ1) is 18.7. The number of hydrogen-bond acceptors (Lipinski definition) is 5. The second kappa shape index (κ2) is 12.1. The molecule has 2 N–H and O–H groups in total. The van der Waals surface area contributed by atoms with E-state index in [0.717, 1.165) is 39.8 Å². The number of benzene rings is 2. The first-order valence-corrected chi connectivity index (χ1v) is 13.4. The van der Waals surface area contributed by atoms with E-state index in [1.165, 1.54) is 0 Å². The number of aliphatic carboxylic acids is 1. The summed E-state index contributed by atoms with van der Waals surface area (Å²) in [7, 11) is 0. The maximum Gasteiger partial charge on any atom is 0.303 e. The van der Waals surface area contributed by atoms with E-state index in [1.807, 2.05) is 79.4 Å². The van der Waals surface area contributed by atoms with Crippen molar-refractivity contribution in [2.45, 2.75) is 72.4 Å². The first-order valence-electron chi connectivity index (χ1n) is 13.4. The van der Waals surface area contributed by atoms with Crippen LogP contribution in [0, 0.1) is 6.92 Å². The second-order valence-electron chi connectivity index (χ2n) is 9.86. The minimum atomic E-state index is -0.846. The van der Waals surface area contributed by atoms with Crippen molar-refractivity contribution in [3.05, 3.63) is 77.0 Å². The van der Waals surface area contributed by atoms with Gasteiger partial charge in [0.1, 0.15) is 18.2 Å². The minimum Gasteiger partial charge on any atom is -0.481 e. The van der Waals surface area contributed by atoms with Gasteiger partial charge < -0.3 is 19.6 Å². The number of nitrogens with one attached hydrogen (secondary N) is 1. The molecule has 0 aliphatic carbocycles. The highest BCUT2D eigenvalue weighted by Gasteiger charge is 2.20. The molecule has 1 atom stereocenters. The summed E-state index contributed by atoms with van der Waals surface area (Å²) in [6.45, 7) is 8.24. The van der Waals surface area contributed by atoms with Gasteiger partial charge in [0, 0.05) is 47.6 Å². The highest BCUT2D eigenvalue weighted by molar-refractivity contribution is 6.01. The van der Waals surface area contributed by atoms with E-state index in [-0.39, 0.29) is 18.1 Å². The quantitative estimate of drug-likeness (QED) is 0.239. The van der Waals surface area contributed by atoms with E-state index in [4.69, 9.17) is 5.11 Å². The van der Waals surface area contributed by atoms with Gasteiger partial charge in [-0.3, -0.25) is 14.4 Å². The molecule has 0 aliphatic rings. The summed E-state index contributed by atoms with van der Waals surface area (Å²) in [6.07, 6.45) is 5.85. The van der Waals surface area contributed by atoms with E-state index in [2.05, 4.69) is 15.5 Å². The molecule has 2 aromatic carbocycles. The van der Waals surface area contributed by atoms with E-state index < -0.39 is 12.0 Å². The van der Waals surface area contributed by atoms with Gasteiger partial charge >= 0.3 is 5.97 Å². The number of hydrogen-bond donors (Lipinski definition) is 2. The number of aromatic nitrogens is 4. The fraction of sp³-hybridized carbons (Fsp3) is 0.367. The van der Waals surface area contributed by atoms with Crippen molar-refractivity contribution in [1.82, 2.24) is 19.3 Å². The molecule has 1 amide bonds. The number of fused-ring (bicyclic) bond motifs is 1. The Balaban J connectivity index is 1.63. The summed E-state index contributed by atoms with van der Waals surface area (Å²) in [4.78, 5) is 37.0. The number of carboxylic acid groups (broad SMARTS) is 1. The average Bonchev–Trinajstić information content (AvgIpc) is 3.51. The van der Waals surface area contributed by atoms with Crippen molar-refractivity contribution in [2.75, 3.05) is 5.32 Å². The average molecular weight is 530 g/mol. The van der Waals surface area contributed by atoms with Crippen LogP contribution in [0.3, 0.4) is 0 Å². The molecule has 2 aromatic heterocycles. The molecular weight excluding hydrogens is 494 g/mol. The summed E-state index contributed by atoms with van der Waals surface area (Å²) in [5.41, 5.74) is 5.01. The number of Topliss-reactive ketones (excluding diaryl/α,β-unsaturated/α-hetero) is 1. The van der Waals surface area contributed by atoms with Gasteiger partial charge in [-0.2, -0.15) is 0 Å². The normalized spacial score (nSPS) is 12.0. The molecular formula is C30H35N5O4. The molecule has 2 heterocycles. The Labute approximate surface area is 227 Å². The maximum absolute atomic E-state index is 13.6. The van der Waals surface area contributed by atoms with Crippen LogP contribution in [-0.2, 0) is 29.0 Å². The Kier molecular flexibility index (Phi) is 8.59. The standard InChI is InChI=1S/C30H35N5O4/c1-5-27(36)23-12-13-24-19(3)16-35(26(24)15-23)20(4)30(39)32-25-14-21(17-34-18-31-33-28(34)6-2)10-11-22(25)8-7-9-29(37)38/h10-16,18,20H,5-9,17H2,1-4H3,(H,32,39)(H,37,38). The highest BCUT2D eigenvalue weighted by atomic mass is 16.4. The maximum atomic E-state index is 13.6. The zero-order valence-electron chi connectivity index (χ0n) is 22.9. The van der Waals surface area contributed by atoms with Gasteiger partial charge in [0.2, 0.25) is 5.91 Å². The molecule has 9 nitrogen and oxygen atoms in total. The number of amides is 1. The number of carbonyl (C=O) groups excluding carboxylic acids is 2. The molecule has 9 heteroatoms. The summed E-state index contributed by atoms with van der Waals surface area (Å²) < 4.78 is 3.88. The number of nitrogens with zero attached hydrogens (tertiary/aromatic N) is 4. The highest BCUT2D eigenvalue weighted by Crippen LogP contribution is 2.28. The zero-order valence-corrected chi connectivity index (χ0v) is 22.9. The van der Waals surface area contributed by atoms with Crippen LogP contribution in [-0.4, -0.2) is 42.1 Å². The zero-order chi connectivity index (χ0) is 28.1. The van der Waals surface area contributed by atoms with E-state index in [0.29, 0.717) is 37.1 Å². The predicted molar refractivity (Wildman–Crippen MR) is 150 cm³/mol. The Bertz CT molecular complexity index is 1520. The smallest absolute Gasteiger partial charge is 0.303 e. The number of rotatable bonds is 12. The molecule has 204 valence electrons. The van der Waals surface area contributed by atoms with Crippen LogP contribution < -0.4 is 5.32 Å². The number of aryl methyl sites for hydroxylation is 3. The second-order valence-corrected chi connectivity index (χ2v) is 9.86. The third kappa shape index (κ3) is 6.25. The van der Waals surface area contributed by atoms with Crippen molar-refractivity contribution in [2.24, 2.45) is 0 Å². The van der Waals surface area contributed by atoms with Gasteiger partial charge in [0.15, 0.2) is 5.78 Å². The van der Waals surface area contributed by atoms with Crippen LogP contribution in [0.5, 0.6) is 0 Å². The summed E-state index contributed by atoms with van der Waals surface area (Å²) >= 11 is 0. The van der Waals surface area contributed by atoms with Crippen molar-refractivity contribution in [3.8, 4) is 0 Å². The van der Waals surface area contributed by atoms with Crippen molar-refractivity contribution >= 4 is 34.3 Å². The lowest BCUT2D eigenvalue weighted by Crippen LogP contribution is -2.24. The molecule has 0 radical (unpaired) electrons. The molecule has 4 rings (SSSR count). The Hall–Kier alpha value is -4.27. The van der Waals surface area contributed by atoms with Gasteiger partial charge in [0.25, 0.3) is 0 Å². The minimum absolute atomic E-state index is 0.0551. The molecule has 0 bridgehead atoms. The summed E-state index contributed by atoms with van der Waals surface area (Å²) in [6, 6.07) is 11.0. The monoisotopic (exact) mass is 529 g/mol. The molecule has 0 saturated carbocycles. The third-order valence-electron chi connectivity index (χ3n) is 7.11. The lowest BCUT2D eigenvalue weighted by atomic mass is 10.0. The fourth-order valence-corrected chi connectivity index (χ4v) is 4.86. The van der Waals surface area contributed by atoms with Crippen LogP contribution >= 0.6 is 0 Å². The molecule has 0 spiro atoms. The van der Waals surface area contributed by atoms with Crippen LogP contribution in [0.15, 0.2) is 48.9 Å². The Morgan fingerprint density at radius 2 is 1.90 bits per heavy atom. The number of anilines is 1. The summed E-state index contributed by atoms with van der Waals surface area (Å²) in [5.74, 6) is -0.118. The molecule has 0 saturated heterocycles. The lowest BCUT2D eigenvalue weighted by molar-refractivity contribution is -0.137. The van der Waals surface area contributed by atoms with Crippen LogP contribution in [0.1, 0.15) is 78.9 Å². The van der Waals surface area contributed by atoms with Crippen LogP contribution in [0.4, 0.5) is 5.69 Å². The van der Waals surface area contributed by atoms with Gasteiger partial charge in [-0.05, 0) is 55.5 Å². The Morgan fingerprint density at radius 1 is 1.10 bits per heavy atom. The van der Waals surface area contributed by atoms with Gasteiger partial charge in [0.05, 0.1) is 6.54 Å². The van der Waals surface area contributed by atoms with Crippen LogP contribution in [0.2, 0.25) is 0 Å². The SMILES string of the molecule is CCC(=O)c1ccc2c(C)cn(C(C)C(=O)Nc3cc(Cn4cnnc4CC)ccc3CCCC(=O)O)c2c1. The van der Waals surface area contributed by atoms with Crippen LogP contribution in [0.25, 0.3) is 10.9 Å². The number of carbonyl (C=O) groups is 3. The van der Waals surface area contributed by atoms with E-state index >= 15 is 0 Å². The van der Waals surface area contributed by atoms with E-state index in [9.17, 15) is 14.4 Å². The van der Waals surface area contributed by atoms with Gasteiger partial charge in [-0.1, -0.05) is 38.1 Å². The topological polar surface area (TPSA) is 119 Å². The van der Waals surface area contributed by atoms with E-state index in [1.54, 1.807) is 6.33 Å². The third-order valence-corrected chi connectivity index (χ3v) is 7.11. The predicted octanol–water partition coefficient (Wildman–Crippen LogP) is 5.35. The van der Waals surface area contributed by atoms with Crippen molar-refractivity contribution in [1.29, 1.82) is 0 Å². The van der Waals surface area contributed by atoms with Crippen molar-refractivity contribution < 1.29 is 19.5 Å². The molecule has 4 aromatic rings. The summed E-state index contributed by atoms with van der Waals surface area (Å²) in [5, 5.41) is 21.3. The molecule has 0 fully saturated rings. The largest absolute Gasteiger partial charge is 0.481 e. The fourth-order valence-electron chi connectivity index (χ4n) is 4.86. The van der Waals surface area contributed by atoms with Gasteiger partial charge in [-0.25, -0.2) is 0 Å². The number of ketones is 1. The first kappa shape index (κ1) is 27.8. The molecule has 0 aliphatic heterocycles. The van der Waals surface area contributed by atoms with Crippen molar-refractivity contribution in [3.63, 3.8) is 0 Å². The molecule has 1 unspecified atom stereocenters. The lowest BCUT2D eigenvalue weighted by Gasteiger charge is -2.19. The Morgan fingerprint density at radius 3 is 2.62 bits per heavy atom. The number of carboxylic acids is 1. The molecule has 39 heavy (non-hydrogen) atoms.